The normalized spacial score (nSPS) is 18.2. The third-order valence-corrected chi connectivity index (χ3v) is 3.98. The highest BCUT2D eigenvalue weighted by atomic mass is 32.2. The van der Waals surface area contributed by atoms with Crippen molar-refractivity contribution in [2.24, 2.45) is 0 Å². The molecule has 1 aliphatic rings. The molecule has 2 heterocycles. The average molecular weight is 264 g/mol. The maximum Gasteiger partial charge on any atom is 0.210 e. The molecule has 1 atom stereocenters. The lowest BCUT2D eigenvalue weighted by Gasteiger charge is -2.26. The van der Waals surface area contributed by atoms with Gasteiger partial charge in [-0.1, -0.05) is 30.8 Å². The van der Waals surface area contributed by atoms with E-state index in [0.29, 0.717) is 0 Å². The van der Waals surface area contributed by atoms with Crippen LogP contribution in [0.15, 0.2) is 29.4 Å². The quantitative estimate of drug-likeness (QED) is 0.904. The number of benzene rings is 1. The molecule has 2 aromatic rings. The lowest BCUT2D eigenvalue weighted by atomic mass is 10.1. The summed E-state index contributed by atoms with van der Waals surface area (Å²) in [6, 6.07) is 6.77. The van der Waals surface area contributed by atoms with Gasteiger partial charge < -0.3 is 5.43 Å². The Balaban J connectivity index is 1.87. The van der Waals surface area contributed by atoms with Gasteiger partial charge in [-0.25, -0.2) is 9.07 Å². The van der Waals surface area contributed by atoms with E-state index in [-0.39, 0.29) is 11.9 Å². The summed E-state index contributed by atoms with van der Waals surface area (Å²) >= 11 is 1.67. The molecule has 1 N–H and O–H groups in total. The van der Waals surface area contributed by atoms with Crippen molar-refractivity contribution in [1.29, 1.82) is 0 Å². The summed E-state index contributed by atoms with van der Waals surface area (Å²) < 4.78 is 14.8. The van der Waals surface area contributed by atoms with Gasteiger partial charge in [-0.3, -0.25) is 0 Å². The molecule has 0 saturated heterocycles. The number of rotatable bonds is 2. The maximum atomic E-state index is 12.9. The lowest BCUT2D eigenvalue weighted by molar-refractivity contribution is 0.618. The van der Waals surface area contributed by atoms with Crippen LogP contribution >= 0.6 is 11.8 Å². The van der Waals surface area contributed by atoms with E-state index >= 15 is 0 Å². The van der Waals surface area contributed by atoms with E-state index in [2.05, 4.69) is 15.6 Å². The van der Waals surface area contributed by atoms with Gasteiger partial charge in [0.05, 0.1) is 6.04 Å². The van der Waals surface area contributed by atoms with Crippen LogP contribution in [0.5, 0.6) is 0 Å². The molecule has 94 valence electrons. The molecule has 0 bridgehead atoms. The van der Waals surface area contributed by atoms with Crippen LogP contribution in [-0.2, 0) is 6.42 Å². The fourth-order valence-electron chi connectivity index (χ4n) is 1.97. The summed E-state index contributed by atoms with van der Waals surface area (Å²) in [5.74, 6) is 1.58. The average Bonchev–Trinajstić information content (AvgIpc) is 2.81. The second kappa shape index (κ2) is 4.61. The zero-order chi connectivity index (χ0) is 12.5. The fourth-order valence-corrected chi connectivity index (χ4v) is 2.94. The van der Waals surface area contributed by atoms with Crippen LogP contribution < -0.4 is 5.43 Å². The molecule has 1 aliphatic heterocycles. The first-order valence-electron chi connectivity index (χ1n) is 5.87. The highest BCUT2D eigenvalue weighted by Crippen LogP contribution is 2.29. The van der Waals surface area contributed by atoms with E-state index in [0.717, 1.165) is 28.7 Å². The number of nitrogens with one attached hydrogen (secondary N) is 1. The fraction of sp³-hybridized carbons (Fsp3) is 0.333. The van der Waals surface area contributed by atoms with E-state index in [9.17, 15) is 4.39 Å². The lowest BCUT2D eigenvalue weighted by Crippen LogP contribution is -2.29. The standard InChI is InChI=1S/C12H13FN4S/c1-2-11-14-15-12-17(11)16-10(7-18-12)8-3-5-9(13)6-4-8/h3-6,10,16H,2,7H2,1H3. The SMILES string of the molecule is CCc1nnc2n1NC(c1ccc(F)cc1)CS2. The number of thioether (sulfide) groups is 1. The number of aromatic nitrogens is 3. The van der Waals surface area contributed by atoms with Gasteiger partial charge in [-0.05, 0) is 17.7 Å². The number of nitrogens with zero attached hydrogens (tertiary/aromatic N) is 3. The Labute approximate surface area is 109 Å². The Morgan fingerprint density at radius 2 is 2.17 bits per heavy atom. The first-order chi connectivity index (χ1) is 8.78. The summed E-state index contributed by atoms with van der Waals surface area (Å²) in [5, 5.41) is 9.15. The van der Waals surface area contributed by atoms with Crippen LogP contribution in [-0.4, -0.2) is 20.6 Å². The zero-order valence-corrected chi connectivity index (χ0v) is 10.7. The molecule has 4 nitrogen and oxygen atoms in total. The Kier molecular flexibility index (Phi) is 2.95. The van der Waals surface area contributed by atoms with Crippen molar-refractivity contribution < 1.29 is 4.39 Å². The number of fused-ring (bicyclic) bond motifs is 1. The number of halogens is 1. The monoisotopic (exact) mass is 264 g/mol. The molecule has 1 aromatic carbocycles. The van der Waals surface area contributed by atoms with Crippen molar-refractivity contribution in [3.05, 3.63) is 41.5 Å². The van der Waals surface area contributed by atoms with Crippen molar-refractivity contribution in [1.82, 2.24) is 14.9 Å². The molecule has 6 heteroatoms. The molecule has 3 rings (SSSR count). The van der Waals surface area contributed by atoms with Crippen molar-refractivity contribution in [2.45, 2.75) is 24.5 Å². The summed E-state index contributed by atoms with van der Waals surface area (Å²) in [4.78, 5) is 0. The minimum atomic E-state index is -0.207. The largest absolute Gasteiger partial charge is 0.314 e. The van der Waals surface area contributed by atoms with Crippen LogP contribution in [0.1, 0.15) is 24.4 Å². The topological polar surface area (TPSA) is 42.7 Å². The summed E-state index contributed by atoms with van der Waals surface area (Å²) in [6.07, 6.45) is 0.830. The van der Waals surface area contributed by atoms with E-state index in [4.69, 9.17) is 0 Å². The molecule has 1 aromatic heterocycles. The van der Waals surface area contributed by atoms with E-state index in [1.54, 1.807) is 11.8 Å². The molecular weight excluding hydrogens is 251 g/mol. The van der Waals surface area contributed by atoms with Gasteiger partial charge in [0.2, 0.25) is 5.16 Å². The minimum absolute atomic E-state index is 0.157. The summed E-state index contributed by atoms with van der Waals surface area (Å²) in [7, 11) is 0. The van der Waals surface area contributed by atoms with Crippen molar-refractivity contribution in [3.63, 3.8) is 0 Å². The van der Waals surface area contributed by atoms with Crippen LogP contribution in [0.3, 0.4) is 0 Å². The van der Waals surface area contributed by atoms with Gasteiger partial charge in [-0.2, -0.15) is 0 Å². The van der Waals surface area contributed by atoms with Crippen LogP contribution in [0.4, 0.5) is 4.39 Å². The first-order valence-corrected chi connectivity index (χ1v) is 6.85. The van der Waals surface area contributed by atoms with E-state index in [1.165, 1.54) is 12.1 Å². The number of hydrogen-bond donors (Lipinski definition) is 1. The predicted octanol–water partition coefficient (Wildman–Crippen LogP) is 2.37. The molecule has 0 saturated carbocycles. The van der Waals surface area contributed by atoms with Crippen molar-refractivity contribution in [2.75, 3.05) is 11.2 Å². The highest BCUT2D eigenvalue weighted by Gasteiger charge is 2.23. The number of aryl methyl sites for hydroxylation is 1. The summed E-state index contributed by atoms with van der Waals surface area (Å²) in [5.41, 5.74) is 4.45. The zero-order valence-electron chi connectivity index (χ0n) is 9.93. The molecule has 0 spiro atoms. The molecule has 18 heavy (non-hydrogen) atoms. The Morgan fingerprint density at radius 3 is 2.89 bits per heavy atom. The van der Waals surface area contributed by atoms with Crippen LogP contribution in [0.2, 0.25) is 0 Å². The predicted molar refractivity (Wildman–Crippen MR) is 68.6 cm³/mol. The van der Waals surface area contributed by atoms with Gasteiger partial charge in [0.25, 0.3) is 0 Å². The van der Waals surface area contributed by atoms with Gasteiger partial charge in [0.1, 0.15) is 5.82 Å². The van der Waals surface area contributed by atoms with Gasteiger partial charge in [0.15, 0.2) is 5.82 Å². The molecule has 0 amide bonds. The Bertz CT molecular complexity index is 538. The van der Waals surface area contributed by atoms with Crippen molar-refractivity contribution >= 4 is 11.8 Å². The molecule has 1 unspecified atom stereocenters. The van der Waals surface area contributed by atoms with Crippen LogP contribution in [0.25, 0.3) is 0 Å². The van der Waals surface area contributed by atoms with Crippen LogP contribution in [0, 0.1) is 5.82 Å². The molecule has 0 aliphatic carbocycles. The van der Waals surface area contributed by atoms with Gasteiger partial charge >= 0.3 is 0 Å². The molecule has 0 fully saturated rings. The number of hydrogen-bond acceptors (Lipinski definition) is 4. The van der Waals surface area contributed by atoms with Gasteiger partial charge in [-0.15, -0.1) is 10.2 Å². The first kappa shape index (κ1) is 11.5. The van der Waals surface area contributed by atoms with E-state index < -0.39 is 0 Å². The smallest absolute Gasteiger partial charge is 0.210 e. The molecule has 0 radical (unpaired) electrons. The second-order valence-electron chi connectivity index (χ2n) is 4.13. The van der Waals surface area contributed by atoms with Crippen molar-refractivity contribution in [3.8, 4) is 0 Å². The maximum absolute atomic E-state index is 12.9. The van der Waals surface area contributed by atoms with E-state index in [1.807, 2.05) is 23.7 Å². The Morgan fingerprint density at radius 1 is 1.39 bits per heavy atom. The minimum Gasteiger partial charge on any atom is -0.314 e. The summed E-state index contributed by atoms with van der Waals surface area (Å²) in [6.45, 7) is 2.05. The molecular formula is C12H13FN4S. The Hall–Kier alpha value is -1.56. The third-order valence-electron chi connectivity index (χ3n) is 2.95. The highest BCUT2D eigenvalue weighted by molar-refractivity contribution is 7.99. The van der Waals surface area contributed by atoms with Gasteiger partial charge in [0, 0.05) is 12.2 Å². The third kappa shape index (κ3) is 1.96. The second-order valence-corrected chi connectivity index (χ2v) is 5.12.